The van der Waals surface area contributed by atoms with Crippen molar-refractivity contribution in [2.45, 2.75) is 25.9 Å². The van der Waals surface area contributed by atoms with Gasteiger partial charge in [-0.2, -0.15) is 0 Å². The first-order chi connectivity index (χ1) is 13.8. The summed E-state index contributed by atoms with van der Waals surface area (Å²) in [5, 5.41) is 2.98. The van der Waals surface area contributed by atoms with Crippen molar-refractivity contribution in [3.63, 3.8) is 0 Å². The van der Waals surface area contributed by atoms with Crippen LogP contribution in [0.15, 0.2) is 54.7 Å². The number of anilines is 1. The van der Waals surface area contributed by atoms with Gasteiger partial charge in [0, 0.05) is 17.3 Å². The van der Waals surface area contributed by atoms with Crippen LogP contribution in [-0.4, -0.2) is 23.7 Å². The first-order valence-corrected chi connectivity index (χ1v) is 9.65. The number of halogens is 1. The lowest BCUT2D eigenvalue weighted by atomic mass is 10.2. The molecule has 3 heterocycles. The van der Waals surface area contributed by atoms with Gasteiger partial charge in [-0.05, 0) is 18.6 Å². The Morgan fingerprint density at radius 3 is 2.69 bits per heavy atom. The Kier molecular flexibility index (Phi) is 5.45. The van der Waals surface area contributed by atoms with Crippen molar-refractivity contribution in [1.82, 2.24) is 4.57 Å². The molecule has 2 aliphatic rings. The van der Waals surface area contributed by atoms with Crippen molar-refractivity contribution < 1.29 is 31.2 Å². The van der Waals surface area contributed by atoms with Gasteiger partial charge < -0.3 is 27.2 Å². The van der Waals surface area contributed by atoms with Gasteiger partial charge >= 0.3 is 0 Å². The minimum absolute atomic E-state index is 0. The van der Waals surface area contributed by atoms with E-state index in [1.807, 2.05) is 36.4 Å². The fraction of sp³-hybridized carbons (Fsp3) is 0.273. The summed E-state index contributed by atoms with van der Waals surface area (Å²) in [6.07, 6.45) is 4.19. The van der Waals surface area contributed by atoms with E-state index >= 15 is 0 Å². The Hall–Kier alpha value is -2.99. The van der Waals surface area contributed by atoms with Gasteiger partial charge in [0.1, 0.15) is 19.4 Å². The Balaban J connectivity index is 0.00000205. The van der Waals surface area contributed by atoms with Crippen LogP contribution in [0.4, 0.5) is 5.69 Å². The van der Waals surface area contributed by atoms with E-state index in [-0.39, 0.29) is 24.9 Å². The normalized spacial score (nSPS) is 14.1. The van der Waals surface area contributed by atoms with Gasteiger partial charge in [-0.15, -0.1) is 0 Å². The number of imidazole rings is 1. The number of benzene rings is 2. The predicted molar refractivity (Wildman–Crippen MR) is 104 cm³/mol. The Bertz CT molecular complexity index is 1030. The molecule has 0 radical (unpaired) electrons. The first-order valence-electron chi connectivity index (χ1n) is 9.65. The van der Waals surface area contributed by atoms with E-state index in [4.69, 9.17) is 9.47 Å². The summed E-state index contributed by atoms with van der Waals surface area (Å²) in [6.45, 7) is 2.37. The number of nitrogens with one attached hydrogen (secondary N) is 1. The lowest BCUT2D eigenvalue weighted by molar-refractivity contribution is -0.690. The van der Waals surface area contributed by atoms with E-state index in [1.165, 1.54) is 17.1 Å². The molecule has 0 fully saturated rings. The molecular formula is C22H22ClN3O3. The van der Waals surface area contributed by atoms with E-state index in [1.54, 1.807) is 0 Å². The Morgan fingerprint density at radius 2 is 1.86 bits per heavy atom. The van der Waals surface area contributed by atoms with Gasteiger partial charge in [-0.25, -0.2) is 9.13 Å². The molecule has 2 aliphatic heterocycles. The summed E-state index contributed by atoms with van der Waals surface area (Å²) in [6, 6.07) is 15.8. The van der Waals surface area contributed by atoms with Gasteiger partial charge in [0.25, 0.3) is 11.7 Å². The third-order valence-corrected chi connectivity index (χ3v) is 5.20. The third-order valence-electron chi connectivity index (χ3n) is 5.20. The van der Waals surface area contributed by atoms with Crippen LogP contribution in [0.25, 0.3) is 11.3 Å². The molecule has 0 spiro atoms. The largest absolute Gasteiger partial charge is 1.00 e. The summed E-state index contributed by atoms with van der Waals surface area (Å²) in [7, 11) is 0. The fourth-order valence-electron chi connectivity index (χ4n) is 3.96. The highest BCUT2D eigenvalue weighted by atomic mass is 35.5. The van der Waals surface area contributed by atoms with Gasteiger partial charge in [0.2, 0.25) is 0 Å². The molecule has 150 valence electrons. The lowest BCUT2D eigenvalue weighted by Crippen LogP contribution is -3.00. The molecule has 5 rings (SSSR count). The van der Waals surface area contributed by atoms with Crippen LogP contribution in [0.1, 0.15) is 12.2 Å². The highest BCUT2D eigenvalue weighted by molar-refractivity contribution is 5.90. The highest BCUT2D eigenvalue weighted by Gasteiger charge is 2.29. The number of hydrogen-bond acceptors (Lipinski definition) is 3. The third kappa shape index (κ3) is 3.80. The van der Waals surface area contributed by atoms with E-state index in [2.05, 4.69) is 32.8 Å². The molecule has 0 saturated heterocycles. The Morgan fingerprint density at radius 1 is 1.07 bits per heavy atom. The Labute approximate surface area is 175 Å². The van der Waals surface area contributed by atoms with Crippen LogP contribution in [0.2, 0.25) is 0 Å². The van der Waals surface area contributed by atoms with E-state index in [9.17, 15) is 4.79 Å². The molecular weight excluding hydrogens is 390 g/mol. The molecule has 29 heavy (non-hydrogen) atoms. The minimum atomic E-state index is -0.0541. The molecule has 6 nitrogen and oxygen atoms in total. The van der Waals surface area contributed by atoms with Crippen LogP contribution >= 0.6 is 0 Å². The molecule has 0 aliphatic carbocycles. The fourth-order valence-corrected chi connectivity index (χ4v) is 3.96. The van der Waals surface area contributed by atoms with Crippen molar-refractivity contribution in [3.8, 4) is 22.8 Å². The van der Waals surface area contributed by atoms with Gasteiger partial charge in [0.05, 0.1) is 13.0 Å². The number of amides is 1. The number of ether oxygens (including phenoxy) is 2. The van der Waals surface area contributed by atoms with Crippen molar-refractivity contribution in [1.29, 1.82) is 0 Å². The summed E-state index contributed by atoms with van der Waals surface area (Å²) in [4.78, 5) is 12.7. The van der Waals surface area contributed by atoms with Crippen LogP contribution in [0, 0.1) is 0 Å². The molecule has 0 unspecified atom stereocenters. The van der Waals surface area contributed by atoms with E-state index in [0.717, 1.165) is 25.1 Å². The second-order valence-corrected chi connectivity index (χ2v) is 7.09. The maximum absolute atomic E-state index is 12.7. The van der Waals surface area contributed by atoms with Crippen molar-refractivity contribution in [2.75, 3.05) is 18.5 Å². The van der Waals surface area contributed by atoms with Crippen molar-refractivity contribution in [3.05, 3.63) is 60.6 Å². The average molecular weight is 412 g/mol. The number of nitrogens with zero attached hydrogens (tertiary/aromatic N) is 2. The zero-order valence-electron chi connectivity index (χ0n) is 15.9. The standard InChI is InChI=1S/C22H21N3O3.ClH/c26-21(23-17-8-9-19-20(13-17)28-12-11-27-19)15-24-14-18(16-5-2-1-3-6-16)25-10-4-7-22(24)25;/h1-3,5-6,8-9,13-14H,4,7,10-12,15H2;1H. The average Bonchev–Trinajstić information content (AvgIpc) is 3.32. The van der Waals surface area contributed by atoms with Crippen LogP contribution in [0.5, 0.6) is 11.5 Å². The second-order valence-electron chi connectivity index (χ2n) is 7.09. The number of aromatic nitrogens is 2. The molecule has 7 heteroatoms. The topological polar surface area (TPSA) is 56.4 Å². The number of carbonyl (C=O) groups excluding carboxylic acids is 1. The van der Waals surface area contributed by atoms with Crippen LogP contribution in [-0.2, 0) is 24.3 Å². The van der Waals surface area contributed by atoms with Crippen molar-refractivity contribution >= 4 is 11.6 Å². The molecule has 1 aromatic heterocycles. The molecule has 2 aromatic carbocycles. The maximum Gasteiger partial charge on any atom is 0.266 e. The predicted octanol–water partition coefficient (Wildman–Crippen LogP) is -0.197. The van der Waals surface area contributed by atoms with E-state index in [0.29, 0.717) is 24.7 Å². The number of fused-ring (bicyclic) bond motifs is 2. The number of hydrogen-bond donors (Lipinski definition) is 1. The van der Waals surface area contributed by atoms with Crippen LogP contribution < -0.4 is 31.8 Å². The SMILES string of the molecule is O=C(C[n+]1cc(-c2ccccc2)n2c1CCC2)Nc1ccc2c(c1)OCCO2.[Cl-]. The van der Waals surface area contributed by atoms with Crippen molar-refractivity contribution in [2.24, 2.45) is 0 Å². The van der Waals surface area contributed by atoms with E-state index < -0.39 is 0 Å². The number of rotatable bonds is 4. The minimum Gasteiger partial charge on any atom is -1.00 e. The smallest absolute Gasteiger partial charge is 0.266 e. The lowest BCUT2D eigenvalue weighted by Gasteiger charge is -2.18. The summed E-state index contributed by atoms with van der Waals surface area (Å²) < 4.78 is 15.5. The molecule has 0 bridgehead atoms. The quantitative estimate of drug-likeness (QED) is 0.605. The molecule has 0 atom stereocenters. The first kappa shape index (κ1) is 19.3. The zero-order chi connectivity index (χ0) is 18.9. The number of carbonyl (C=O) groups is 1. The summed E-state index contributed by atoms with van der Waals surface area (Å²) in [5.74, 6) is 2.54. The second kappa shape index (κ2) is 8.17. The van der Waals surface area contributed by atoms with Gasteiger partial charge in [-0.3, -0.25) is 4.79 Å². The monoisotopic (exact) mass is 411 g/mol. The molecule has 3 aromatic rings. The highest BCUT2D eigenvalue weighted by Crippen LogP contribution is 2.32. The zero-order valence-corrected chi connectivity index (χ0v) is 16.7. The molecule has 0 saturated carbocycles. The van der Waals surface area contributed by atoms with Crippen LogP contribution in [0.3, 0.4) is 0 Å². The van der Waals surface area contributed by atoms with Gasteiger partial charge in [0.15, 0.2) is 23.7 Å². The summed E-state index contributed by atoms with van der Waals surface area (Å²) >= 11 is 0. The molecule has 1 amide bonds. The van der Waals surface area contributed by atoms with Gasteiger partial charge in [-0.1, -0.05) is 30.3 Å². The maximum atomic E-state index is 12.7. The molecule has 1 N–H and O–H groups in total. The summed E-state index contributed by atoms with van der Waals surface area (Å²) in [5.41, 5.74) is 3.06.